The van der Waals surface area contributed by atoms with Crippen LogP contribution < -0.4 is 5.32 Å². The van der Waals surface area contributed by atoms with E-state index < -0.39 is 9.84 Å². The Morgan fingerprint density at radius 3 is 2.44 bits per heavy atom. The number of hydrogen-bond donors (Lipinski definition) is 1. The molecule has 0 unspecified atom stereocenters. The van der Waals surface area contributed by atoms with Gasteiger partial charge in [-0.1, -0.05) is 43.6 Å². The van der Waals surface area contributed by atoms with Crippen LogP contribution in [0.1, 0.15) is 25.8 Å². The number of nitrogens with one attached hydrogen (secondary N) is 1. The number of hydrogen-bond acceptors (Lipinski definition) is 3. The van der Waals surface area contributed by atoms with Crippen LogP contribution in [0.4, 0.5) is 0 Å². The summed E-state index contributed by atoms with van der Waals surface area (Å²) in [5.41, 5.74) is 0.880. The smallest absolute Gasteiger partial charge is 0.193 e. The average molecular weight is 502 g/mol. The minimum atomic E-state index is -2.95. The van der Waals surface area contributed by atoms with Crippen LogP contribution in [0.5, 0.6) is 0 Å². The van der Waals surface area contributed by atoms with Gasteiger partial charge in [0.05, 0.1) is 5.75 Å². The van der Waals surface area contributed by atoms with E-state index in [1.165, 1.54) is 6.26 Å². The van der Waals surface area contributed by atoms with Gasteiger partial charge in [-0.2, -0.15) is 0 Å². The van der Waals surface area contributed by atoms with Crippen molar-refractivity contribution >= 4 is 51.4 Å². The zero-order valence-electron chi connectivity index (χ0n) is 15.5. The summed E-state index contributed by atoms with van der Waals surface area (Å²) in [6.07, 6.45) is 1.87. The number of halogens is 2. The Labute approximate surface area is 174 Å². The molecule has 0 aliphatic heterocycles. The second-order valence-corrected chi connectivity index (χ2v) is 9.56. The van der Waals surface area contributed by atoms with Gasteiger partial charge in [0, 0.05) is 38.5 Å². The molecule has 0 bridgehead atoms. The van der Waals surface area contributed by atoms with Crippen LogP contribution in [0.3, 0.4) is 0 Å². The fourth-order valence-electron chi connectivity index (χ4n) is 2.21. The van der Waals surface area contributed by atoms with E-state index in [2.05, 4.69) is 10.3 Å². The summed E-state index contributed by atoms with van der Waals surface area (Å²) in [6.45, 7) is 5.38. The molecule has 1 aromatic carbocycles. The number of sulfone groups is 1. The van der Waals surface area contributed by atoms with Crippen molar-refractivity contribution in [2.75, 3.05) is 32.6 Å². The average Bonchev–Trinajstić information content (AvgIpc) is 2.48. The normalized spacial score (nSPS) is 12.5. The third-order valence-corrected chi connectivity index (χ3v) is 5.13. The quantitative estimate of drug-likeness (QED) is 0.353. The largest absolute Gasteiger partial charge is 0.356 e. The summed E-state index contributed by atoms with van der Waals surface area (Å²) in [5.74, 6) is 0.942. The topological polar surface area (TPSA) is 61.8 Å². The third-order valence-electron chi connectivity index (χ3n) is 3.81. The van der Waals surface area contributed by atoms with Crippen LogP contribution in [-0.4, -0.2) is 51.9 Å². The highest BCUT2D eigenvalue weighted by molar-refractivity contribution is 14.0. The Balaban J connectivity index is 0.00000576. The third kappa shape index (κ3) is 9.65. The lowest BCUT2D eigenvalue weighted by Crippen LogP contribution is -2.43. The molecule has 1 N–H and O–H groups in total. The Hall–Kier alpha value is -0.540. The number of rotatable bonds is 7. The molecule has 1 rings (SSSR count). The van der Waals surface area contributed by atoms with Gasteiger partial charge in [-0.05, 0) is 23.5 Å². The first-order valence-corrected chi connectivity index (χ1v) is 10.3. The first-order chi connectivity index (χ1) is 11.0. The minimum Gasteiger partial charge on any atom is -0.356 e. The summed E-state index contributed by atoms with van der Waals surface area (Å²) in [6, 6.07) is 7.72. The van der Waals surface area contributed by atoms with Crippen LogP contribution in [0.25, 0.3) is 0 Å². The molecule has 8 heteroatoms. The molecular formula is C17H29ClIN3O2S. The van der Waals surface area contributed by atoms with Crippen LogP contribution in [-0.2, 0) is 16.4 Å². The summed E-state index contributed by atoms with van der Waals surface area (Å²) < 4.78 is 22.7. The van der Waals surface area contributed by atoms with E-state index in [1.54, 1.807) is 7.05 Å². The van der Waals surface area contributed by atoms with Gasteiger partial charge in [0.25, 0.3) is 0 Å². The molecule has 0 fully saturated rings. The maximum Gasteiger partial charge on any atom is 0.193 e. The molecule has 0 heterocycles. The highest BCUT2D eigenvalue weighted by Crippen LogP contribution is 2.20. The van der Waals surface area contributed by atoms with E-state index in [4.69, 9.17) is 11.6 Å². The summed E-state index contributed by atoms with van der Waals surface area (Å²) in [4.78, 5) is 6.29. The van der Waals surface area contributed by atoms with Crippen LogP contribution in [0.15, 0.2) is 29.3 Å². The Bertz CT molecular complexity index is 678. The summed E-state index contributed by atoms with van der Waals surface area (Å²) in [7, 11) is 0.731. The molecule has 0 aliphatic carbocycles. The molecule has 144 valence electrons. The van der Waals surface area contributed by atoms with E-state index in [0.29, 0.717) is 19.5 Å². The minimum absolute atomic E-state index is 0. The van der Waals surface area contributed by atoms with Crippen molar-refractivity contribution in [2.24, 2.45) is 10.4 Å². The van der Waals surface area contributed by atoms with Crippen LogP contribution in [0.2, 0.25) is 5.02 Å². The predicted molar refractivity (Wildman–Crippen MR) is 118 cm³/mol. The fraction of sp³-hybridized carbons (Fsp3) is 0.588. The lowest BCUT2D eigenvalue weighted by Gasteiger charge is -2.29. The zero-order chi connectivity index (χ0) is 18.4. The Kier molecular flexibility index (Phi) is 10.3. The first kappa shape index (κ1) is 24.5. The standard InChI is InChI=1S/C17H28ClN3O2S.HI/c1-17(2,10-11-24(5,22)23)13-20-16(19-3)21(4)12-14-8-6-7-9-15(14)18;/h6-9H,10-13H2,1-5H3,(H,19,20);1H. The highest BCUT2D eigenvalue weighted by Gasteiger charge is 2.21. The lowest BCUT2D eigenvalue weighted by molar-refractivity contribution is 0.340. The first-order valence-electron chi connectivity index (χ1n) is 7.87. The Morgan fingerprint density at radius 2 is 1.92 bits per heavy atom. The molecule has 0 atom stereocenters. The van der Waals surface area contributed by atoms with E-state index in [1.807, 2.05) is 50.1 Å². The number of nitrogens with zero attached hydrogens (tertiary/aromatic N) is 2. The maximum atomic E-state index is 11.4. The summed E-state index contributed by atoms with van der Waals surface area (Å²) in [5, 5.41) is 4.05. The molecule has 5 nitrogen and oxygen atoms in total. The van der Waals surface area contributed by atoms with Crippen molar-refractivity contribution in [1.82, 2.24) is 10.2 Å². The van der Waals surface area contributed by atoms with Gasteiger partial charge < -0.3 is 10.2 Å². The van der Waals surface area contributed by atoms with Gasteiger partial charge in [-0.3, -0.25) is 4.99 Å². The SMILES string of the molecule is CN=C(NCC(C)(C)CCS(C)(=O)=O)N(C)Cc1ccccc1Cl.I. The number of aliphatic imine (C=N–C) groups is 1. The van der Waals surface area contributed by atoms with Crippen molar-refractivity contribution in [3.05, 3.63) is 34.9 Å². The van der Waals surface area contributed by atoms with Gasteiger partial charge in [-0.15, -0.1) is 24.0 Å². The highest BCUT2D eigenvalue weighted by atomic mass is 127. The molecule has 0 radical (unpaired) electrons. The van der Waals surface area contributed by atoms with E-state index in [-0.39, 0.29) is 35.1 Å². The maximum absolute atomic E-state index is 11.4. The molecule has 25 heavy (non-hydrogen) atoms. The molecule has 0 aliphatic rings. The van der Waals surface area contributed by atoms with E-state index in [9.17, 15) is 8.42 Å². The molecule has 0 amide bonds. The monoisotopic (exact) mass is 501 g/mol. The molecular weight excluding hydrogens is 473 g/mol. The van der Waals surface area contributed by atoms with Crippen molar-refractivity contribution < 1.29 is 8.42 Å². The predicted octanol–water partition coefficient (Wildman–Crippen LogP) is 3.43. The van der Waals surface area contributed by atoms with Crippen molar-refractivity contribution in [2.45, 2.75) is 26.8 Å². The number of guanidine groups is 1. The second kappa shape index (κ2) is 10.6. The van der Waals surface area contributed by atoms with Crippen molar-refractivity contribution in [3.8, 4) is 0 Å². The fourth-order valence-corrected chi connectivity index (χ4v) is 3.33. The van der Waals surface area contributed by atoms with Gasteiger partial charge in [0.1, 0.15) is 9.84 Å². The van der Waals surface area contributed by atoms with Crippen LogP contribution >= 0.6 is 35.6 Å². The van der Waals surface area contributed by atoms with Crippen molar-refractivity contribution in [3.63, 3.8) is 0 Å². The molecule has 0 saturated heterocycles. The van der Waals surface area contributed by atoms with Gasteiger partial charge in [0.15, 0.2) is 5.96 Å². The van der Waals surface area contributed by atoms with Gasteiger partial charge in [-0.25, -0.2) is 8.42 Å². The van der Waals surface area contributed by atoms with Crippen molar-refractivity contribution in [1.29, 1.82) is 0 Å². The lowest BCUT2D eigenvalue weighted by atomic mass is 9.90. The van der Waals surface area contributed by atoms with E-state index in [0.717, 1.165) is 16.5 Å². The van der Waals surface area contributed by atoms with Gasteiger partial charge >= 0.3 is 0 Å². The number of benzene rings is 1. The molecule has 1 aromatic rings. The molecule has 0 saturated carbocycles. The molecule has 0 aromatic heterocycles. The zero-order valence-corrected chi connectivity index (χ0v) is 19.4. The Morgan fingerprint density at radius 1 is 1.32 bits per heavy atom. The summed E-state index contributed by atoms with van der Waals surface area (Å²) >= 11 is 6.21. The van der Waals surface area contributed by atoms with E-state index >= 15 is 0 Å². The van der Waals surface area contributed by atoms with Crippen LogP contribution in [0, 0.1) is 5.41 Å². The van der Waals surface area contributed by atoms with Gasteiger partial charge in [0.2, 0.25) is 0 Å². The second-order valence-electron chi connectivity index (χ2n) is 6.89. The molecule has 0 spiro atoms.